The molecule has 1 aromatic heterocycles. The van der Waals surface area contributed by atoms with Crippen LogP contribution in [-0.4, -0.2) is 45.9 Å². The third kappa shape index (κ3) is 5.50. The molecule has 2 aliphatic rings. The number of aromatic nitrogens is 1. The maximum absolute atomic E-state index is 13.8. The molecule has 1 atom stereocenters. The number of amides is 3. The van der Waals surface area contributed by atoms with E-state index in [4.69, 9.17) is 20.9 Å². The molecule has 1 aliphatic carbocycles. The van der Waals surface area contributed by atoms with Crippen LogP contribution >= 0.6 is 11.5 Å². The van der Waals surface area contributed by atoms with E-state index in [1.165, 1.54) is 4.90 Å². The number of benzene rings is 1. The van der Waals surface area contributed by atoms with E-state index in [1.807, 2.05) is 19.9 Å². The van der Waals surface area contributed by atoms with Crippen molar-refractivity contribution in [3.63, 3.8) is 0 Å². The molecule has 2 heterocycles. The van der Waals surface area contributed by atoms with Gasteiger partial charge in [-0.1, -0.05) is 32.8 Å². The lowest BCUT2D eigenvalue weighted by molar-refractivity contribution is -0.127. The van der Waals surface area contributed by atoms with Gasteiger partial charge in [0.1, 0.15) is 10.9 Å². The Bertz CT molecular complexity index is 1110. The number of nitrogens with two attached hydrogens (primary N) is 2. The van der Waals surface area contributed by atoms with Gasteiger partial charge in [0.2, 0.25) is 12.7 Å². The molecule has 3 amide bonds. The van der Waals surface area contributed by atoms with Crippen LogP contribution in [0.25, 0.3) is 0 Å². The van der Waals surface area contributed by atoms with Crippen molar-refractivity contribution in [1.29, 1.82) is 0 Å². The van der Waals surface area contributed by atoms with E-state index in [-0.39, 0.29) is 47.5 Å². The van der Waals surface area contributed by atoms with Crippen LogP contribution < -0.4 is 26.3 Å². The highest BCUT2D eigenvalue weighted by atomic mass is 32.1. The zero-order chi connectivity index (χ0) is 25.1. The first-order valence-electron chi connectivity index (χ1n) is 11.8. The Balaban J connectivity index is 1.69. The highest BCUT2D eigenvalue weighted by Crippen LogP contribution is 2.34. The Labute approximate surface area is 208 Å². The van der Waals surface area contributed by atoms with Crippen molar-refractivity contribution >= 4 is 34.9 Å². The van der Waals surface area contributed by atoms with Crippen molar-refractivity contribution in [1.82, 2.24) is 14.6 Å². The van der Waals surface area contributed by atoms with Crippen molar-refractivity contribution < 1.29 is 23.9 Å². The minimum absolute atomic E-state index is 0.0670. The van der Waals surface area contributed by atoms with Gasteiger partial charge >= 0.3 is 0 Å². The lowest BCUT2D eigenvalue weighted by atomic mass is 9.99. The van der Waals surface area contributed by atoms with Crippen LogP contribution in [-0.2, 0) is 11.3 Å². The van der Waals surface area contributed by atoms with Gasteiger partial charge in [0.05, 0.1) is 5.69 Å². The quantitative estimate of drug-likeness (QED) is 0.478. The molecule has 10 nitrogen and oxygen atoms in total. The van der Waals surface area contributed by atoms with Crippen molar-refractivity contribution in [2.24, 2.45) is 11.7 Å². The topological polar surface area (TPSA) is 150 Å². The highest BCUT2D eigenvalue weighted by Gasteiger charge is 2.35. The maximum atomic E-state index is 13.8. The molecular formula is C24H31N5O5S. The molecule has 1 aliphatic heterocycles. The van der Waals surface area contributed by atoms with Crippen LogP contribution in [0.1, 0.15) is 71.7 Å². The molecule has 0 spiro atoms. The Morgan fingerprint density at radius 2 is 1.91 bits per heavy atom. The minimum Gasteiger partial charge on any atom is -0.454 e. The molecule has 0 saturated heterocycles. The SMILES string of the molecule is CC(C)C[C@H](C(=O)NC1CCCC1)N(Cc1ccc2c(c1)OCO2)C(=O)c1snc(C(N)=O)c1N. The summed E-state index contributed by atoms with van der Waals surface area (Å²) in [6.45, 7) is 4.28. The molecule has 0 bridgehead atoms. The van der Waals surface area contributed by atoms with E-state index in [1.54, 1.807) is 12.1 Å². The zero-order valence-corrected chi connectivity index (χ0v) is 20.7. The van der Waals surface area contributed by atoms with Crippen molar-refractivity contribution in [3.05, 3.63) is 34.3 Å². The van der Waals surface area contributed by atoms with Crippen LogP contribution in [0, 0.1) is 5.92 Å². The lowest BCUT2D eigenvalue weighted by Gasteiger charge is -2.33. The number of fused-ring (bicyclic) bond motifs is 1. The van der Waals surface area contributed by atoms with Crippen molar-refractivity contribution in [2.45, 2.75) is 64.6 Å². The number of hydrogen-bond acceptors (Lipinski definition) is 8. The van der Waals surface area contributed by atoms with Crippen LogP contribution in [0.4, 0.5) is 5.69 Å². The normalized spacial score (nSPS) is 15.9. The Kier molecular flexibility index (Phi) is 7.44. The van der Waals surface area contributed by atoms with Gasteiger partial charge in [-0.05, 0) is 54.4 Å². The van der Waals surface area contributed by atoms with Crippen LogP contribution in [0.3, 0.4) is 0 Å². The molecule has 1 saturated carbocycles. The van der Waals surface area contributed by atoms with Gasteiger partial charge in [-0.3, -0.25) is 14.4 Å². The molecule has 1 fully saturated rings. The molecular weight excluding hydrogens is 470 g/mol. The first-order chi connectivity index (χ1) is 16.7. The largest absolute Gasteiger partial charge is 0.454 e. The second kappa shape index (κ2) is 10.5. The van der Waals surface area contributed by atoms with E-state index >= 15 is 0 Å². The van der Waals surface area contributed by atoms with Gasteiger partial charge < -0.3 is 31.2 Å². The number of nitrogens with one attached hydrogen (secondary N) is 1. The summed E-state index contributed by atoms with van der Waals surface area (Å²) in [5.41, 5.74) is 12.0. The fraction of sp³-hybridized carbons (Fsp3) is 0.500. The van der Waals surface area contributed by atoms with Crippen LogP contribution in [0.5, 0.6) is 11.5 Å². The summed E-state index contributed by atoms with van der Waals surface area (Å²) in [5, 5.41) is 3.14. The number of carbonyl (C=O) groups excluding carboxylic acids is 3. The second-order valence-corrected chi connectivity index (χ2v) is 10.2. The maximum Gasteiger partial charge on any atom is 0.270 e. The summed E-state index contributed by atoms with van der Waals surface area (Å²) in [5.74, 6) is -0.129. The van der Waals surface area contributed by atoms with Gasteiger partial charge in [0.15, 0.2) is 17.2 Å². The third-order valence-electron chi connectivity index (χ3n) is 6.28. The molecule has 188 valence electrons. The lowest BCUT2D eigenvalue weighted by Crippen LogP contribution is -2.51. The third-order valence-corrected chi connectivity index (χ3v) is 7.13. The minimum atomic E-state index is -0.808. The van der Waals surface area contributed by atoms with Crippen LogP contribution in [0.15, 0.2) is 18.2 Å². The molecule has 11 heteroatoms. The highest BCUT2D eigenvalue weighted by molar-refractivity contribution is 7.09. The summed E-state index contributed by atoms with van der Waals surface area (Å²) in [6, 6.07) is 4.78. The summed E-state index contributed by atoms with van der Waals surface area (Å²) in [4.78, 5) is 40.6. The average Bonchev–Trinajstić information content (AvgIpc) is 3.56. The predicted molar refractivity (Wildman–Crippen MR) is 131 cm³/mol. The Morgan fingerprint density at radius 1 is 1.20 bits per heavy atom. The second-order valence-electron chi connectivity index (χ2n) is 9.39. The number of hydrogen-bond donors (Lipinski definition) is 3. The Morgan fingerprint density at radius 3 is 2.57 bits per heavy atom. The smallest absolute Gasteiger partial charge is 0.270 e. The first-order valence-corrected chi connectivity index (χ1v) is 12.6. The van der Waals surface area contributed by atoms with Crippen molar-refractivity contribution in [3.8, 4) is 11.5 Å². The molecule has 0 unspecified atom stereocenters. The predicted octanol–water partition coefficient (Wildman–Crippen LogP) is 2.67. The van der Waals surface area contributed by atoms with Crippen molar-refractivity contribution in [2.75, 3.05) is 12.5 Å². The molecule has 0 radical (unpaired) electrons. The monoisotopic (exact) mass is 501 g/mol. The average molecular weight is 502 g/mol. The number of primary amides is 1. The number of carbonyl (C=O) groups is 3. The number of nitrogen functional groups attached to an aromatic ring is 1. The molecule has 1 aromatic carbocycles. The fourth-order valence-corrected chi connectivity index (χ4v) is 5.27. The van der Waals surface area contributed by atoms with Gasteiger partial charge in [-0.15, -0.1) is 0 Å². The van der Waals surface area contributed by atoms with E-state index in [9.17, 15) is 14.4 Å². The zero-order valence-electron chi connectivity index (χ0n) is 19.9. The molecule has 35 heavy (non-hydrogen) atoms. The van der Waals surface area contributed by atoms with Gasteiger partial charge in [0.25, 0.3) is 11.8 Å². The molecule has 4 rings (SSSR count). The van der Waals surface area contributed by atoms with E-state index in [2.05, 4.69) is 9.69 Å². The fourth-order valence-electron chi connectivity index (χ4n) is 4.51. The molecule has 5 N–H and O–H groups in total. The standard InChI is InChI=1S/C24H31N5O5S/c1-13(2)9-16(23(31)27-15-5-3-4-6-15)29(11-14-7-8-17-18(10-14)34-12-33-17)24(32)21-19(25)20(22(26)30)28-35-21/h7-8,10,13,15-16H,3-6,9,11-12,25H2,1-2H3,(H2,26,30)(H,27,31)/t16-/m1/s1. The number of anilines is 1. The summed E-state index contributed by atoms with van der Waals surface area (Å²) in [6.07, 6.45) is 4.47. The Hall–Kier alpha value is -3.34. The van der Waals surface area contributed by atoms with E-state index in [0.717, 1.165) is 42.8 Å². The van der Waals surface area contributed by atoms with Gasteiger partial charge in [-0.2, -0.15) is 4.37 Å². The van der Waals surface area contributed by atoms with E-state index < -0.39 is 17.9 Å². The number of rotatable bonds is 9. The van der Waals surface area contributed by atoms with Gasteiger partial charge in [0, 0.05) is 12.6 Å². The number of nitrogens with zero attached hydrogens (tertiary/aromatic N) is 2. The van der Waals surface area contributed by atoms with E-state index in [0.29, 0.717) is 17.9 Å². The summed E-state index contributed by atoms with van der Waals surface area (Å²) < 4.78 is 14.9. The summed E-state index contributed by atoms with van der Waals surface area (Å²) >= 11 is 0.809. The summed E-state index contributed by atoms with van der Waals surface area (Å²) in [7, 11) is 0. The first kappa shape index (κ1) is 24.8. The number of ether oxygens (including phenoxy) is 2. The van der Waals surface area contributed by atoms with Crippen LogP contribution in [0.2, 0.25) is 0 Å². The molecule has 2 aromatic rings. The van der Waals surface area contributed by atoms with Gasteiger partial charge in [-0.25, -0.2) is 0 Å².